The molecule has 0 saturated heterocycles. The van der Waals surface area contributed by atoms with Gasteiger partial charge in [-0.3, -0.25) is 10.1 Å². The van der Waals surface area contributed by atoms with Gasteiger partial charge in [0.1, 0.15) is 5.82 Å². The molecule has 0 aliphatic carbocycles. The van der Waals surface area contributed by atoms with Crippen molar-refractivity contribution in [2.75, 3.05) is 18.6 Å². The SMILES string of the molecule is CN(c1ccc2cc([N+](=O)[O-])ccc2n1)C(C)(C)CO. The number of benzene rings is 1. The van der Waals surface area contributed by atoms with Crippen LogP contribution in [-0.2, 0) is 0 Å². The molecule has 1 aromatic carbocycles. The summed E-state index contributed by atoms with van der Waals surface area (Å²) in [6, 6.07) is 8.18. The predicted molar refractivity (Wildman–Crippen MR) is 78.0 cm³/mol. The van der Waals surface area contributed by atoms with Crippen LogP contribution in [0.5, 0.6) is 0 Å². The molecule has 0 atom stereocenters. The average molecular weight is 275 g/mol. The van der Waals surface area contributed by atoms with Crippen molar-refractivity contribution in [3.63, 3.8) is 0 Å². The zero-order valence-electron chi connectivity index (χ0n) is 11.7. The molecule has 2 aromatic rings. The van der Waals surface area contributed by atoms with Gasteiger partial charge in [-0.1, -0.05) is 0 Å². The van der Waals surface area contributed by atoms with Crippen LogP contribution in [0.2, 0.25) is 0 Å². The van der Waals surface area contributed by atoms with Crippen LogP contribution in [0.1, 0.15) is 13.8 Å². The third-order valence-corrected chi connectivity index (χ3v) is 3.51. The number of hydrogen-bond acceptors (Lipinski definition) is 5. The molecule has 0 spiro atoms. The van der Waals surface area contributed by atoms with E-state index in [9.17, 15) is 15.2 Å². The van der Waals surface area contributed by atoms with Crippen LogP contribution >= 0.6 is 0 Å². The van der Waals surface area contributed by atoms with Crippen molar-refractivity contribution >= 4 is 22.4 Å². The van der Waals surface area contributed by atoms with E-state index >= 15 is 0 Å². The number of nitrogens with zero attached hydrogens (tertiary/aromatic N) is 3. The highest BCUT2D eigenvalue weighted by atomic mass is 16.6. The van der Waals surface area contributed by atoms with Crippen LogP contribution in [-0.4, -0.2) is 34.2 Å². The lowest BCUT2D eigenvalue weighted by Crippen LogP contribution is -2.44. The number of fused-ring (bicyclic) bond motifs is 1. The van der Waals surface area contributed by atoms with Gasteiger partial charge in [-0.05, 0) is 32.0 Å². The Bertz CT molecular complexity index is 655. The number of aliphatic hydroxyl groups excluding tert-OH is 1. The highest BCUT2D eigenvalue weighted by Gasteiger charge is 2.23. The highest BCUT2D eigenvalue weighted by Crippen LogP contribution is 2.25. The van der Waals surface area contributed by atoms with Gasteiger partial charge in [-0.15, -0.1) is 0 Å². The normalized spacial score (nSPS) is 11.6. The number of non-ortho nitro benzene ring substituents is 1. The summed E-state index contributed by atoms with van der Waals surface area (Å²) < 4.78 is 0. The van der Waals surface area contributed by atoms with Gasteiger partial charge in [-0.2, -0.15) is 0 Å². The summed E-state index contributed by atoms with van der Waals surface area (Å²) in [6.45, 7) is 3.83. The Morgan fingerprint density at radius 1 is 1.35 bits per heavy atom. The highest BCUT2D eigenvalue weighted by molar-refractivity contribution is 5.82. The van der Waals surface area contributed by atoms with Gasteiger partial charge in [0.25, 0.3) is 5.69 Å². The van der Waals surface area contributed by atoms with E-state index in [-0.39, 0.29) is 12.3 Å². The van der Waals surface area contributed by atoms with E-state index in [1.807, 2.05) is 25.8 Å². The Hall–Kier alpha value is -2.21. The number of aliphatic hydroxyl groups is 1. The quantitative estimate of drug-likeness (QED) is 0.684. The lowest BCUT2D eigenvalue weighted by atomic mass is 10.1. The van der Waals surface area contributed by atoms with Crippen LogP contribution < -0.4 is 4.90 Å². The van der Waals surface area contributed by atoms with E-state index < -0.39 is 10.5 Å². The van der Waals surface area contributed by atoms with Crippen LogP contribution in [0, 0.1) is 10.1 Å². The van der Waals surface area contributed by atoms with Crippen LogP contribution in [0.4, 0.5) is 11.5 Å². The van der Waals surface area contributed by atoms with Gasteiger partial charge in [0.2, 0.25) is 0 Å². The lowest BCUT2D eigenvalue weighted by molar-refractivity contribution is -0.384. The number of nitro groups is 1. The van der Waals surface area contributed by atoms with E-state index in [1.54, 1.807) is 18.2 Å². The maximum Gasteiger partial charge on any atom is 0.270 e. The molecule has 0 amide bonds. The first-order valence-electron chi connectivity index (χ1n) is 6.25. The Balaban J connectivity index is 2.45. The maximum atomic E-state index is 10.7. The largest absolute Gasteiger partial charge is 0.394 e. The third-order valence-electron chi connectivity index (χ3n) is 3.51. The molecular weight excluding hydrogens is 258 g/mol. The minimum atomic E-state index is -0.429. The van der Waals surface area contributed by atoms with Crippen molar-refractivity contribution in [3.05, 3.63) is 40.4 Å². The van der Waals surface area contributed by atoms with Crippen LogP contribution in [0.15, 0.2) is 30.3 Å². The van der Waals surface area contributed by atoms with Gasteiger partial charge >= 0.3 is 0 Å². The second kappa shape index (κ2) is 5.05. The molecule has 6 heteroatoms. The Morgan fingerprint density at radius 3 is 2.65 bits per heavy atom. The van der Waals surface area contributed by atoms with Crippen molar-refractivity contribution in [1.82, 2.24) is 4.98 Å². The fourth-order valence-corrected chi connectivity index (χ4v) is 1.82. The summed E-state index contributed by atoms with van der Waals surface area (Å²) >= 11 is 0. The van der Waals surface area contributed by atoms with Crippen LogP contribution in [0.3, 0.4) is 0 Å². The zero-order chi connectivity index (χ0) is 14.9. The third kappa shape index (κ3) is 2.55. The van der Waals surface area contributed by atoms with Crippen molar-refractivity contribution in [2.24, 2.45) is 0 Å². The van der Waals surface area contributed by atoms with E-state index in [1.165, 1.54) is 12.1 Å². The molecule has 6 nitrogen and oxygen atoms in total. The minimum absolute atomic E-state index is 0.00345. The maximum absolute atomic E-state index is 10.7. The van der Waals surface area contributed by atoms with E-state index in [0.717, 1.165) is 5.39 Å². The molecule has 2 rings (SSSR count). The summed E-state index contributed by atoms with van der Waals surface area (Å²) in [4.78, 5) is 16.7. The number of likely N-dealkylation sites (N-methyl/N-ethyl adjacent to an activating group) is 1. The summed E-state index contributed by atoms with van der Waals surface area (Å²) in [5.74, 6) is 0.713. The molecule has 106 valence electrons. The lowest BCUT2D eigenvalue weighted by Gasteiger charge is -2.34. The second-order valence-corrected chi connectivity index (χ2v) is 5.33. The first-order valence-corrected chi connectivity index (χ1v) is 6.25. The fourth-order valence-electron chi connectivity index (χ4n) is 1.82. The molecule has 1 N–H and O–H groups in total. The average Bonchev–Trinajstić information content (AvgIpc) is 2.45. The van der Waals surface area contributed by atoms with Crippen molar-refractivity contribution in [2.45, 2.75) is 19.4 Å². The summed E-state index contributed by atoms with van der Waals surface area (Å²) in [5, 5.41) is 20.9. The molecule has 0 saturated carbocycles. The number of anilines is 1. The van der Waals surface area contributed by atoms with Gasteiger partial charge < -0.3 is 10.0 Å². The monoisotopic (exact) mass is 275 g/mol. The Labute approximate surface area is 116 Å². The van der Waals surface area contributed by atoms with E-state index in [4.69, 9.17) is 0 Å². The number of nitro benzene ring substituents is 1. The Morgan fingerprint density at radius 2 is 2.05 bits per heavy atom. The minimum Gasteiger partial charge on any atom is -0.394 e. The van der Waals surface area contributed by atoms with E-state index in [0.29, 0.717) is 11.3 Å². The fraction of sp³-hybridized carbons (Fsp3) is 0.357. The van der Waals surface area contributed by atoms with Crippen molar-refractivity contribution in [1.29, 1.82) is 0 Å². The van der Waals surface area contributed by atoms with E-state index in [2.05, 4.69) is 4.98 Å². The van der Waals surface area contributed by atoms with Crippen molar-refractivity contribution in [3.8, 4) is 0 Å². The smallest absolute Gasteiger partial charge is 0.270 e. The number of aromatic nitrogens is 1. The molecular formula is C14H17N3O3. The molecule has 0 aliphatic heterocycles. The van der Waals surface area contributed by atoms with Gasteiger partial charge in [0.05, 0.1) is 22.6 Å². The standard InChI is InChI=1S/C14H17N3O3/c1-14(2,9-18)16(3)13-7-4-10-8-11(17(19)20)5-6-12(10)15-13/h4-8,18H,9H2,1-3H3. The molecule has 20 heavy (non-hydrogen) atoms. The molecule has 0 radical (unpaired) electrons. The summed E-state index contributed by atoms with van der Waals surface area (Å²) in [5.41, 5.74) is 0.311. The topological polar surface area (TPSA) is 79.5 Å². The molecule has 1 aromatic heterocycles. The number of hydrogen-bond donors (Lipinski definition) is 1. The molecule has 0 bridgehead atoms. The summed E-state index contributed by atoms with van der Waals surface area (Å²) in [7, 11) is 1.86. The molecule has 0 aliphatic rings. The van der Waals surface area contributed by atoms with Crippen molar-refractivity contribution < 1.29 is 10.0 Å². The number of rotatable bonds is 4. The van der Waals surface area contributed by atoms with Gasteiger partial charge in [-0.25, -0.2) is 4.98 Å². The van der Waals surface area contributed by atoms with Crippen LogP contribution in [0.25, 0.3) is 10.9 Å². The number of pyridine rings is 1. The van der Waals surface area contributed by atoms with Gasteiger partial charge in [0, 0.05) is 24.6 Å². The Kier molecular flexibility index (Phi) is 3.59. The first-order chi connectivity index (χ1) is 9.35. The first kappa shape index (κ1) is 14.2. The molecule has 0 fully saturated rings. The zero-order valence-corrected chi connectivity index (χ0v) is 11.7. The molecule has 0 unspecified atom stereocenters. The van der Waals surface area contributed by atoms with Gasteiger partial charge in [0.15, 0.2) is 0 Å². The predicted octanol–water partition coefficient (Wildman–Crippen LogP) is 2.35. The summed E-state index contributed by atoms with van der Waals surface area (Å²) in [6.07, 6.45) is 0. The second-order valence-electron chi connectivity index (χ2n) is 5.33. The molecule has 1 heterocycles.